The number of carbonyl (C=O) groups is 1. The van der Waals surface area contributed by atoms with Gasteiger partial charge in [0.15, 0.2) is 0 Å². The van der Waals surface area contributed by atoms with Gasteiger partial charge in [0.25, 0.3) is 0 Å². The van der Waals surface area contributed by atoms with Crippen LogP contribution in [0, 0.1) is 11.3 Å². The zero-order valence-corrected chi connectivity index (χ0v) is 17.0. The fraction of sp³-hybridized carbons (Fsp3) is 0.150. The number of ether oxygens (including phenoxy) is 1. The van der Waals surface area contributed by atoms with E-state index in [-0.39, 0.29) is 10.5 Å². The minimum absolute atomic E-state index is 0.0484. The van der Waals surface area contributed by atoms with Crippen molar-refractivity contribution in [1.82, 2.24) is 9.71 Å². The molecule has 0 fully saturated rings. The molecule has 0 amide bonds. The maximum absolute atomic E-state index is 13.0. The normalized spacial score (nSPS) is 12.1. The van der Waals surface area contributed by atoms with Crippen LogP contribution < -0.4 is 4.72 Å². The van der Waals surface area contributed by atoms with Crippen molar-refractivity contribution in [1.29, 1.82) is 5.26 Å². The van der Waals surface area contributed by atoms with E-state index in [0.717, 1.165) is 5.56 Å². The number of thiazole rings is 1. The van der Waals surface area contributed by atoms with Crippen molar-refractivity contribution in [3.05, 3.63) is 81.8 Å². The van der Waals surface area contributed by atoms with Crippen LogP contribution in [-0.4, -0.2) is 26.5 Å². The van der Waals surface area contributed by atoms with Gasteiger partial charge in [-0.3, -0.25) is 0 Å². The van der Waals surface area contributed by atoms with Gasteiger partial charge in [0.2, 0.25) is 10.0 Å². The summed E-state index contributed by atoms with van der Waals surface area (Å²) in [5.41, 5.74) is 1.44. The Hall–Kier alpha value is -3.06. The fourth-order valence-corrected chi connectivity index (χ4v) is 4.76. The topological polar surface area (TPSA) is 109 Å². The first-order valence-corrected chi connectivity index (χ1v) is 10.9. The molecule has 1 N–H and O–H groups in total. The largest absolute Gasteiger partial charge is 0.465 e. The number of nitrogens with zero attached hydrogens (tertiary/aromatic N) is 2. The first kappa shape index (κ1) is 20.7. The van der Waals surface area contributed by atoms with Gasteiger partial charge in [-0.2, -0.15) is 5.26 Å². The maximum atomic E-state index is 13.0. The van der Waals surface area contributed by atoms with Gasteiger partial charge < -0.3 is 4.74 Å². The van der Waals surface area contributed by atoms with Crippen LogP contribution in [0.5, 0.6) is 0 Å². The zero-order chi connectivity index (χ0) is 20.9. The van der Waals surface area contributed by atoms with Gasteiger partial charge in [-0.05, 0) is 42.3 Å². The zero-order valence-electron chi connectivity index (χ0n) is 15.4. The SMILES string of the molecule is COC(=O)c1cccc(S(=O)(=O)NC(Cc2cccc(C#N)c2)c2nccs2)c1. The first-order valence-electron chi connectivity index (χ1n) is 8.52. The highest BCUT2D eigenvalue weighted by molar-refractivity contribution is 7.89. The summed E-state index contributed by atoms with van der Waals surface area (Å²) in [4.78, 5) is 15.9. The van der Waals surface area contributed by atoms with Gasteiger partial charge in [0.05, 0.1) is 35.2 Å². The number of hydrogen-bond acceptors (Lipinski definition) is 7. The summed E-state index contributed by atoms with van der Waals surface area (Å²) in [6.07, 6.45) is 1.92. The van der Waals surface area contributed by atoms with Crippen molar-refractivity contribution < 1.29 is 17.9 Å². The van der Waals surface area contributed by atoms with Gasteiger partial charge in [0, 0.05) is 11.6 Å². The van der Waals surface area contributed by atoms with E-state index in [1.807, 2.05) is 6.07 Å². The molecule has 148 valence electrons. The molecular formula is C20H17N3O4S2. The molecule has 3 aromatic rings. The lowest BCUT2D eigenvalue weighted by Gasteiger charge is -2.17. The molecule has 1 aromatic heterocycles. The summed E-state index contributed by atoms with van der Waals surface area (Å²) in [5.74, 6) is -0.619. The molecule has 0 aliphatic rings. The van der Waals surface area contributed by atoms with Crippen LogP contribution in [0.2, 0.25) is 0 Å². The third kappa shape index (κ3) is 5.06. The van der Waals surface area contributed by atoms with E-state index in [1.165, 1.54) is 42.7 Å². The third-order valence-electron chi connectivity index (χ3n) is 4.11. The molecule has 0 spiro atoms. The van der Waals surface area contributed by atoms with E-state index in [9.17, 15) is 13.2 Å². The van der Waals surface area contributed by atoms with Crippen LogP contribution in [0.25, 0.3) is 0 Å². The summed E-state index contributed by atoms with van der Waals surface area (Å²) in [5, 5.41) is 11.5. The Balaban J connectivity index is 1.91. The molecule has 7 nitrogen and oxygen atoms in total. The van der Waals surface area contributed by atoms with Gasteiger partial charge in [-0.15, -0.1) is 11.3 Å². The molecule has 0 aliphatic carbocycles. The number of esters is 1. The van der Waals surface area contributed by atoms with E-state index < -0.39 is 22.0 Å². The van der Waals surface area contributed by atoms with Crippen LogP contribution >= 0.6 is 11.3 Å². The van der Waals surface area contributed by atoms with E-state index in [2.05, 4.69) is 20.5 Å². The predicted molar refractivity (Wildman–Crippen MR) is 108 cm³/mol. The Kier molecular flexibility index (Phi) is 6.39. The number of aromatic nitrogens is 1. The third-order valence-corrected chi connectivity index (χ3v) is 6.47. The number of nitriles is 1. The Morgan fingerprint density at radius 2 is 2.07 bits per heavy atom. The molecule has 3 rings (SSSR count). The van der Waals surface area contributed by atoms with Crippen LogP contribution in [0.3, 0.4) is 0 Å². The Morgan fingerprint density at radius 3 is 2.76 bits per heavy atom. The number of benzene rings is 2. The summed E-state index contributed by atoms with van der Waals surface area (Å²) >= 11 is 1.33. The van der Waals surface area contributed by atoms with Crippen molar-refractivity contribution >= 4 is 27.3 Å². The highest BCUT2D eigenvalue weighted by atomic mass is 32.2. The van der Waals surface area contributed by atoms with Gasteiger partial charge >= 0.3 is 5.97 Å². The van der Waals surface area contributed by atoms with Crippen molar-refractivity contribution in [3.63, 3.8) is 0 Å². The molecular weight excluding hydrogens is 410 g/mol. The Morgan fingerprint density at radius 1 is 1.28 bits per heavy atom. The molecule has 0 radical (unpaired) electrons. The van der Waals surface area contributed by atoms with Crippen LogP contribution in [-0.2, 0) is 21.2 Å². The molecule has 1 unspecified atom stereocenters. The summed E-state index contributed by atoms with van der Waals surface area (Å²) < 4.78 is 33.3. The summed E-state index contributed by atoms with van der Waals surface area (Å²) in [6, 6.07) is 14.1. The highest BCUT2D eigenvalue weighted by Gasteiger charge is 2.24. The lowest BCUT2D eigenvalue weighted by molar-refractivity contribution is 0.0600. The number of hydrogen-bond donors (Lipinski definition) is 1. The predicted octanol–water partition coefficient (Wildman–Crippen LogP) is 3.06. The standard InChI is InChI=1S/C20H17N3O4S2/c1-27-20(24)16-6-3-7-17(12-16)29(25,26)23-18(19-22-8-9-28-19)11-14-4-2-5-15(10-14)13-21/h2-10,12,18,23H,11H2,1H3. The molecule has 1 atom stereocenters. The quantitative estimate of drug-likeness (QED) is 0.581. The number of carbonyl (C=O) groups excluding carboxylic acids is 1. The van der Waals surface area contributed by atoms with Crippen molar-refractivity contribution in [2.24, 2.45) is 0 Å². The van der Waals surface area contributed by atoms with E-state index in [1.54, 1.807) is 29.8 Å². The van der Waals surface area contributed by atoms with E-state index >= 15 is 0 Å². The molecule has 2 aromatic carbocycles. The number of nitrogens with one attached hydrogen (secondary N) is 1. The highest BCUT2D eigenvalue weighted by Crippen LogP contribution is 2.24. The second-order valence-electron chi connectivity index (χ2n) is 6.08. The van der Waals surface area contributed by atoms with E-state index in [4.69, 9.17) is 5.26 Å². The minimum Gasteiger partial charge on any atom is -0.465 e. The minimum atomic E-state index is -3.94. The number of methoxy groups -OCH3 is 1. The Labute approximate surface area is 172 Å². The monoisotopic (exact) mass is 427 g/mol. The molecule has 29 heavy (non-hydrogen) atoms. The first-order chi connectivity index (χ1) is 13.9. The number of rotatable bonds is 7. The van der Waals surface area contributed by atoms with Crippen LogP contribution in [0.1, 0.15) is 32.5 Å². The molecule has 0 saturated carbocycles. The lowest BCUT2D eigenvalue weighted by Crippen LogP contribution is -2.30. The number of sulfonamides is 1. The average molecular weight is 428 g/mol. The van der Waals surface area contributed by atoms with Gasteiger partial charge in [0.1, 0.15) is 5.01 Å². The molecule has 0 bridgehead atoms. The van der Waals surface area contributed by atoms with Crippen molar-refractivity contribution in [2.75, 3.05) is 7.11 Å². The molecule has 0 saturated heterocycles. The van der Waals surface area contributed by atoms with Crippen LogP contribution in [0.15, 0.2) is 65.0 Å². The van der Waals surface area contributed by atoms with Gasteiger partial charge in [-0.25, -0.2) is 22.9 Å². The lowest BCUT2D eigenvalue weighted by atomic mass is 10.0. The molecule has 9 heteroatoms. The smallest absolute Gasteiger partial charge is 0.337 e. The average Bonchev–Trinajstić information content (AvgIpc) is 3.28. The van der Waals surface area contributed by atoms with Crippen molar-refractivity contribution in [3.8, 4) is 6.07 Å². The molecule has 0 aliphatic heterocycles. The van der Waals surface area contributed by atoms with E-state index in [0.29, 0.717) is 17.0 Å². The van der Waals surface area contributed by atoms with Gasteiger partial charge in [-0.1, -0.05) is 18.2 Å². The second kappa shape index (κ2) is 8.96. The maximum Gasteiger partial charge on any atom is 0.337 e. The van der Waals surface area contributed by atoms with Crippen LogP contribution in [0.4, 0.5) is 0 Å². The van der Waals surface area contributed by atoms with Crippen molar-refractivity contribution in [2.45, 2.75) is 17.4 Å². The molecule has 1 heterocycles. The summed E-state index contributed by atoms with van der Waals surface area (Å²) in [6.45, 7) is 0. The summed E-state index contributed by atoms with van der Waals surface area (Å²) in [7, 11) is -2.71. The second-order valence-corrected chi connectivity index (χ2v) is 8.72. The Bertz CT molecular complexity index is 1150. The fourth-order valence-electron chi connectivity index (χ4n) is 2.75.